The van der Waals surface area contributed by atoms with E-state index in [4.69, 9.17) is 17.3 Å². The second-order valence-electron chi connectivity index (χ2n) is 4.00. The molecule has 0 bridgehead atoms. The fourth-order valence-corrected chi connectivity index (χ4v) is 1.72. The average Bonchev–Trinajstić information content (AvgIpc) is 2.21. The summed E-state index contributed by atoms with van der Waals surface area (Å²) in [4.78, 5) is 0. The highest BCUT2D eigenvalue weighted by Crippen LogP contribution is 2.26. The van der Waals surface area contributed by atoms with Gasteiger partial charge < -0.3 is 5.73 Å². The number of benzene rings is 1. The molecule has 0 fully saturated rings. The van der Waals surface area contributed by atoms with Gasteiger partial charge in [-0.15, -0.1) is 0 Å². The molecule has 0 heterocycles. The topological polar surface area (TPSA) is 26.0 Å². The second-order valence-corrected chi connectivity index (χ2v) is 4.41. The first-order valence-electron chi connectivity index (χ1n) is 5.25. The molecule has 84 valence electrons. The summed E-state index contributed by atoms with van der Waals surface area (Å²) < 4.78 is 13.6. The lowest BCUT2D eigenvalue weighted by Crippen LogP contribution is -2.15. The average molecular weight is 230 g/mol. The van der Waals surface area contributed by atoms with Gasteiger partial charge in [-0.2, -0.15) is 0 Å². The molecule has 2 unspecified atom stereocenters. The minimum atomic E-state index is -0.380. The highest BCUT2D eigenvalue weighted by atomic mass is 35.5. The molecule has 1 aromatic carbocycles. The summed E-state index contributed by atoms with van der Waals surface area (Å²) in [6.07, 6.45) is 1.84. The molecule has 0 amide bonds. The van der Waals surface area contributed by atoms with E-state index in [-0.39, 0.29) is 16.9 Å². The van der Waals surface area contributed by atoms with Crippen LogP contribution >= 0.6 is 11.6 Å². The first kappa shape index (κ1) is 12.5. The van der Waals surface area contributed by atoms with Crippen LogP contribution in [0.5, 0.6) is 0 Å². The number of hydrogen-bond donors (Lipinski definition) is 1. The van der Waals surface area contributed by atoms with Crippen LogP contribution in [0.25, 0.3) is 0 Å². The van der Waals surface area contributed by atoms with Gasteiger partial charge in [0, 0.05) is 11.6 Å². The standard InChI is InChI=1S/C12H17ClFN/c1-3-8(2)7-11(15)9-5-4-6-10(13)12(9)14/h4-6,8,11H,3,7,15H2,1-2H3. The molecule has 0 saturated carbocycles. The zero-order valence-corrected chi connectivity index (χ0v) is 9.89. The number of rotatable bonds is 4. The normalized spacial score (nSPS) is 15.0. The third-order valence-corrected chi connectivity index (χ3v) is 3.03. The van der Waals surface area contributed by atoms with Crippen LogP contribution in [0, 0.1) is 11.7 Å². The molecule has 2 atom stereocenters. The lowest BCUT2D eigenvalue weighted by atomic mass is 9.95. The van der Waals surface area contributed by atoms with Gasteiger partial charge in [-0.25, -0.2) is 4.39 Å². The molecular formula is C12H17ClFN. The zero-order chi connectivity index (χ0) is 11.4. The van der Waals surface area contributed by atoms with E-state index in [1.165, 1.54) is 6.07 Å². The second kappa shape index (κ2) is 5.47. The third kappa shape index (κ3) is 3.18. The summed E-state index contributed by atoms with van der Waals surface area (Å²) >= 11 is 5.70. The Labute approximate surface area is 95.4 Å². The van der Waals surface area contributed by atoms with Crippen molar-refractivity contribution in [2.75, 3.05) is 0 Å². The van der Waals surface area contributed by atoms with E-state index in [1.807, 2.05) is 0 Å². The van der Waals surface area contributed by atoms with Gasteiger partial charge in [-0.3, -0.25) is 0 Å². The van der Waals surface area contributed by atoms with Crippen molar-refractivity contribution < 1.29 is 4.39 Å². The summed E-state index contributed by atoms with van der Waals surface area (Å²) in [7, 11) is 0. The molecule has 0 spiro atoms. The number of halogens is 2. The van der Waals surface area contributed by atoms with E-state index in [0.29, 0.717) is 11.5 Å². The van der Waals surface area contributed by atoms with Crippen LogP contribution in [0.4, 0.5) is 4.39 Å². The van der Waals surface area contributed by atoms with Crippen LogP contribution in [0.3, 0.4) is 0 Å². The van der Waals surface area contributed by atoms with Crippen LogP contribution in [0.1, 0.15) is 38.3 Å². The Hall–Kier alpha value is -0.600. The molecule has 0 aliphatic carbocycles. The van der Waals surface area contributed by atoms with Gasteiger partial charge in [-0.1, -0.05) is 44.0 Å². The fraction of sp³-hybridized carbons (Fsp3) is 0.500. The highest BCUT2D eigenvalue weighted by molar-refractivity contribution is 6.30. The smallest absolute Gasteiger partial charge is 0.146 e. The predicted octanol–water partition coefficient (Wildman–Crippen LogP) is 3.92. The Balaban J connectivity index is 2.82. The molecular weight excluding hydrogens is 213 g/mol. The van der Waals surface area contributed by atoms with E-state index < -0.39 is 0 Å². The Kier molecular flexibility index (Phi) is 4.55. The quantitative estimate of drug-likeness (QED) is 0.832. The van der Waals surface area contributed by atoms with E-state index in [9.17, 15) is 4.39 Å². The minimum absolute atomic E-state index is 0.145. The Bertz CT molecular complexity index is 327. The van der Waals surface area contributed by atoms with E-state index in [2.05, 4.69) is 13.8 Å². The van der Waals surface area contributed by atoms with Crippen LogP contribution in [0.15, 0.2) is 18.2 Å². The molecule has 0 aromatic heterocycles. The molecule has 0 radical (unpaired) electrons. The molecule has 0 aliphatic heterocycles. The van der Waals surface area contributed by atoms with Gasteiger partial charge in [0.25, 0.3) is 0 Å². The molecule has 1 nitrogen and oxygen atoms in total. The van der Waals surface area contributed by atoms with E-state index in [1.54, 1.807) is 12.1 Å². The highest BCUT2D eigenvalue weighted by Gasteiger charge is 2.15. The van der Waals surface area contributed by atoms with Crippen LogP contribution in [-0.4, -0.2) is 0 Å². The monoisotopic (exact) mass is 229 g/mol. The van der Waals surface area contributed by atoms with Crippen LogP contribution < -0.4 is 5.73 Å². The van der Waals surface area contributed by atoms with E-state index >= 15 is 0 Å². The van der Waals surface area contributed by atoms with Crippen molar-refractivity contribution in [2.45, 2.75) is 32.7 Å². The van der Waals surface area contributed by atoms with E-state index in [0.717, 1.165) is 12.8 Å². The number of hydrogen-bond acceptors (Lipinski definition) is 1. The maximum atomic E-state index is 13.6. The molecule has 2 N–H and O–H groups in total. The van der Waals surface area contributed by atoms with Gasteiger partial charge in [0.1, 0.15) is 5.82 Å². The van der Waals surface area contributed by atoms with Crippen molar-refractivity contribution in [3.05, 3.63) is 34.6 Å². The Morgan fingerprint density at radius 1 is 1.47 bits per heavy atom. The lowest BCUT2D eigenvalue weighted by molar-refractivity contribution is 0.449. The predicted molar refractivity (Wildman–Crippen MR) is 62.4 cm³/mol. The molecule has 15 heavy (non-hydrogen) atoms. The first-order chi connectivity index (χ1) is 7.06. The Morgan fingerprint density at radius 3 is 2.73 bits per heavy atom. The van der Waals surface area contributed by atoms with Gasteiger partial charge in [0.2, 0.25) is 0 Å². The van der Waals surface area contributed by atoms with Crippen molar-refractivity contribution >= 4 is 11.6 Å². The summed E-state index contributed by atoms with van der Waals surface area (Å²) in [6, 6.07) is 4.71. The molecule has 1 aromatic rings. The van der Waals surface area contributed by atoms with Crippen molar-refractivity contribution in [1.29, 1.82) is 0 Å². The maximum Gasteiger partial charge on any atom is 0.146 e. The molecule has 0 aliphatic rings. The maximum absolute atomic E-state index is 13.6. The van der Waals surface area contributed by atoms with Gasteiger partial charge in [-0.05, 0) is 18.4 Å². The summed E-state index contributed by atoms with van der Waals surface area (Å²) in [5.41, 5.74) is 6.46. The molecule has 1 rings (SSSR count). The summed E-state index contributed by atoms with van der Waals surface area (Å²) in [6.45, 7) is 4.22. The van der Waals surface area contributed by atoms with Crippen molar-refractivity contribution in [2.24, 2.45) is 11.7 Å². The van der Waals surface area contributed by atoms with Gasteiger partial charge >= 0.3 is 0 Å². The lowest BCUT2D eigenvalue weighted by Gasteiger charge is -2.17. The number of nitrogens with two attached hydrogens (primary N) is 1. The molecule has 0 saturated heterocycles. The van der Waals surface area contributed by atoms with Crippen LogP contribution in [-0.2, 0) is 0 Å². The van der Waals surface area contributed by atoms with Crippen molar-refractivity contribution in [3.63, 3.8) is 0 Å². The summed E-state index contributed by atoms with van der Waals surface area (Å²) in [5.74, 6) is 0.119. The fourth-order valence-electron chi connectivity index (χ4n) is 1.53. The summed E-state index contributed by atoms with van der Waals surface area (Å²) in [5, 5.41) is 0.145. The third-order valence-electron chi connectivity index (χ3n) is 2.73. The minimum Gasteiger partial charge on any atom is -0.324 e. The first-order valence-corrected chi connectivity index (χ1v) is 5.63. The van der Waals surface area contributed by atoms with Gasteiger partial charge in [0.05, 0.1) is 5.02 Å². The van der Waals surface area contributed by atoms with Crippen LogP contribution in [0.2, 0.25) is 5.02 Å². The SMILES string of the molecule is CCC(C)CC(N)c1cccc(Cl)c1F. The van der Waals surface area contributed by atoms with Gasteiger partial charge in [0.15, 0.2) is 0 Å². The molecule has 3 heteroatoms. The Morgan fingerprint density at radius 2 is 2.13 bits per heavy atom. The van der Waals surface area contributed by atoms with Crippen molar-refractivity contribution in [3.8, 4) is 0 Å². The zero-order valence-electron chi connectivity index (χ0n) is 9.13. The van der Waals surface area contributed by atoms with Crippen molar-refractivity contribution in [1.82, 2.24) is 0 Å². The largest absolute Gasteiger partial charge is 0.324 e.